The molecule has 2 rings (SSSR count). The highest BCUT2D eigenvalue weighted by atomic mass is 32.2. The number of aromatic nitrogens is 3. The summed E-state index contributed by atoms with van der Waals surface area (Å²) in [5.74, 6) is -0.563. The SMILES string of the molecule is CCOC(=O)c1ncn(-c2ccc(SF)nc2C)c1CN(C)C=O. The first-order chi connectivity index (χ1) is 11.5. The first-order valence-corrected chi connectivity index (χ1v) is 7.89. The topological polar surface area (TPSA) is 77.3 Å². The van der Waals surface area contributed by atoms with Gasteiger partial charge in [0.1, 0.15) is 23.5 Å². The van der Waals surface area contributed by atoms with Gasteiger partial charge in [-0.2, -0.15) is 3.89 Å². The van der Waals surface area contributed by atoms with Crippen molar-refractivity contribution in [3.05, 3.63) is 35.5 Å². The number of imidazole rings is 1. The summed E-state index contributed by atoms with van der Waals surface area (Å²) in [6.07, 6.45) is 2.12. The van der Waals surface area contributed by atoms with Gasteiger partial charge in [0.2, 0.25) is 6.41 Å². The highest BCUT2D eigenvalue weighted by Gasteiger charge is 2.22. The molecule has 7 nitrogen and oxygen atoms in total. The van der Waals surface area contributed by atoms with Gasteiger partial charge in [0, 0.05) is 7.05 Å². The van der Waals surface area contributed by atoms with Gasteiger partial charge in [0.15, 0.2) is 5.69 Å². The predicted molar refractivity (Wildman–Crippen MR) is 86.5 cm³/mol. The van der Waals surface area contributed by atoms with Gasteiger partial charge in [-0.3, -0.25) is 9.36 Å². The molecule has 2 aromatic rings. The minimum absolute atomic E-state index is 0.0574. The van der Waals surface area contributed by atoms with E-state index in [0.717, 1.165) is 0 Å². The van der Waals surface area contributed by atoms with Crippen LogP contribution in [0.2, 0.25) is 0 Å². The van der Waals surface area contributed by atoms with E-state index < -0.39 is 5.97 Å². The molecular formula is C15H17FN4O3S. The van der Waals surface area contributed by atoms with E-state index in [1.807, 2.05) is 0 Å². The Labute approximate surface area is 143 Å². The number of carbonyl (C=O) groups excluding carboxylic acids is 2. The Morgan fingerprint density at radius 3 is 2.83 bits per heavy atom. The molecular weight excluding hydrogens is 335 g/mol. The quantitative estimate of drug-likeness (QED) is 0.562. The molecule has 0 radical (unpaired) electrons. The van der Waals surface area contributed by atoms with Crippen molar-refractivity contribution >= 4 is 24.5 Å². The summed E-state index contributed by atoms with van der Waals surface area (Å²) in [4.78, 5) is 32.7. The molecule has 0 saturated heterocycles. The van der Waals surface area contributed by atoms with E-state index in [4.69, 9.17) is 4.74 Å². The maximum Gasteiger partial charge on any atom is 0.358 e. The molecule has 24 heavy (non-hydrogen) atoms. The van der Waals surface area contributed by atoms with Crippen molar-refractivity contribution < 1.29 is 18.2 Å². The Bertz CT molecular complexity index is 750. The minimum Gasteiger partial charge on any atom is -0.461 e. The zero-order chi connectivity index (χ0) is 17.7. The van der Waals surface area contributed by atoms with E-state index in [1.165, 1.54) is 17.3 Å². The fraction of sp³-hybridized carbons (Fsp3) is 0.333. The molecule has 9 heteroatoms. The van der Waals surface area contributed by atoms with Crippen molar-refractivity contribution in [2.75, 3.05) is 13.7 Å². The Balaban J connectivity index is 2.53. The van der Waals surface area contributed by atoms with Crippen LogP contribution in [-0.4, -0.2) is 45.5 Å². The molecule has 0 aromatic carbocycles. The van der Waals surface area contributed by atoms with Crippen LogP contribution in [0, 0.1) is 6.92 Å². The van der Waals surface area contributed by atoms with Crippen LogP contribution >= 0.6 is 12.1 Å². The number of esters is 1. The van der Waals surface area contributed by atoms with E-state index in [2.05, 4.69) is 9.97 Å². The molecule has 0 fully saturated rings. The van der Waals surface area contributed by atoms with E-state index in [1.54, 1.807) is 31.5 Å². The summed E-state index contributed by atoms with van der Waals surface area (Å²) in [6.45, 7) is 3.81. The van der Waals surface area contributed by atoms with Gasteiger partial charge in [-0.15, -0.1) is 0 Å². The number of ether oxygens (including phenoxy) is 1. The van der Waals surface area contributed by atoms with Crippen LogP contribution in [0.15, 0.2) is 23.5 Å². The van der Waals surface area contributed by atoms with Gasteiger partial charge in [-0.25, -0.2) is 14.8 Å². The lowest BCUT2D eigenvalue weighted by molar-refractivity contribution is -0.117. The summed E-state index contributed by atoms with van der Waals surface area (Å²) < 4.78 is 19.3. The third-order valence-corrected chi connectivity index (χ3v) is 3.67. The zero-order valence-electron chi connectivity index (χ0n) is 13.5. The lowest BCUT2D eigenvalue weighted by Gasteiger charge is -2.15. The predicted octanol–water partition coefficient (Wildman–Crippen LogP) is 2.32. The smallest absolute Gasteiger partial charge is 0.358 e. The van der Waals surface area contributed by atoms with E-state index in [-0.39, 0.29) is 36.0 Å². The average molecular weight is 352 g/mol. The maximum absolute atomic E-state index is 12.7. The average Bonchev–Trinajstić information content (AvgIpc) is 2.98. The molecule has 0 bridgehead atoms. The van der Waals surface area contributed by atoms with Crippen LogP contribution in [0.3, 0.4) is 0 Å². The van der Waals surface area contributed by atoms with Gasteiger partial charge in [-0.1, -0.05) is 0 Å². The van der Waals surface area contributed by atoms with E-state index in [9.17, 15) is 13.5 Å². The Morgan fingerprint density at radius 2 is 2.25 bits per heavy atom. The fourth-order valence-electron chi connectivity index (χ4n) is 2.20. The van der Waals surface area contributed by atoms with Crippen molar-refractivity contribution in [2.24, 2.45) is 0 Å². The highest BCUT2D eigenvalue weighted by molar-refractivity contribution is 7.94. The van der Waals surface area contributed by atoms with Gasteiger partial charge < -0.3 is 9.64 Å². The second kappa shape index (κ2) is 7.91. The summed E-state index contributed by atoms with van der Waals surface area (Å²) in [5.41, 5.74) is 1.84. The Kier molecular flexibility index (Phi) is 5.91. The standard InChI is InChI=1S/C15H17FN4O3S/c1-4-23-15(22)14-12(7-19(3)9-21)20(8-17-14)11-5-6-13(24-16)18-10(11)2/h5-6,8-9H,4,7H2,1-3H3. The van der Waals surface area contributed by atoms with Crippen molar-refractivity contribution in [1.29, 1.82) is 0 Å². The molecule has 0 spiro atoms. The molecule has 2 aromatic heterocycles. The van der Waals surface area contributed by atoms with Crippen molar-refractivity contribution in [3.8, 4) is 5.69 Å². The lowest BCUT2D eigenvalue weighted by Crippen LogP contribution is -2.20. The number of hydrogen-bond acceptors (Lipinski definition) is 6. The number of carbonyl (C=O) groups is 2. The lowest BCUT2D eigenvalue weighted by atomic mass is 10.2. The van der Waals surface area contributed by atoms with Gasteiger partial charge in [-0.05, 0) is 26.0 Å². The number of halogens is 1. The maximum atomic E-state index is 12.7. The minimum atomic E-state index is -0.563. The Hall–Kier alpha value is -2.42. The second-order valence-electron chi connectivity index (χ2n) is 4.98. The number of aryl methyl sites for hydroxylation is 1. The van der Waals surface area contributed by atoms with Gasteiger partial charge >= 0.3 is 5.97 Å². The molecule has 0 aliphatic heterocycles. The van der Waals surface area contributed by atoms with Crippen molar-refractivity contribution in [2.45, 2.75) is 25.4 Å². The number of hydrogen-bond donors (Lipinski definition) is 0. The molecule has 0 unspecified atom stereocenters. The summed E-state index contributed by atoms with van der Waals surface area (Å²) >= 11 is 0.0574. The molecule has 2 heterocycles. The molecule has 0 saturated carbocycles. The summed E-state index contributed by atoms with van der Waals surface area (Å²) in [6, 6.07) is 3.22. The van der Waals surface area contributed by atoms with E-state index >= 15 is 0 Å². The summed E-state index contributed by atoms with van der Waals surface area (Å²) in [7, 11) is 1.59. The number of pyridine rings is 1. The van der Waals surface area contributed by atoms with Crippen LogP contribution in [-0.2, 0) is 16.1 Å². The largest absolute Gasteiger partial charge is 0.461 e. The zero-order valence-corrected chi connectivity index (χ0v) is 14.3. The van der Waals surface area contributed by atoms with Gasteiger partial charge in [0.05, 0.1) is 30.2 Å². The van der Waals surface area contributed by atoms with Crippen LogP contribution in [0.25, 0.3) is 5.69 Å². The van der Waals surface area contributed by atoms with Gasteiger partial charge in [0.25, 0.3) is 0 Å². The first kappa shape index (κ1) is 17.9. The second-order valence-corrected chi connectivity index (χ2v) is 5.55. The fourth-order valence-corrected chi connectivity index (χ4v) is 2.50. The normalized spacial score (nSPS) is 10.5. The third kappa shape index (κ3) is 3.73. The van der Waals surface area contributed by atoms with E-state index in [0.29, 0.717) is 23.5 Å². The van der Waals surface area contributed by atoms with Crippen LogP contribution < -0.4 is 0 Å². The Morgan fingerprint density at radius 1 is 1.50 bits per heavy atom. The van der Waals surface area contributed by atoms with Crippen molar-refractivity contribution in [3.63, 3.8) is 0 Å². The first-order valence-electron chi connectivity index (χ1n) is 7.17. The molecule has 1 amide bonds. The monoisotopic (exact) mass is 352 g/mol. The summed E-state index contributed by atoms with van der Waals surface area (Å²) in [5, 5.41) is 0.244. The third-order valence-electron chi connectivity index (χ3n) is 3.29. The molecule has 0 atom stereocenters. The number of nitrogens with zero attached hydrogens (tertiary/aromatic N) is 4. The molecule has 0 N–H and O–H groups in total. The molecule has 128 valence electrons. The van der Waals surface area contributed by atoms with Crippen molar-refractivity contribution in [1.82, 2.24) is 19.4 Å². The highest BCUT2D eigenvalue weighted by Crippen LogP contribution is 2.23. The molecule has 0 aliphatic rings. The molecule has 0 aliphatic carbocycles. The van der Waals surface area contributed by atoms with Crippen LogP contribution in [0.1, 0.15) is 28.8 Å². The van der Waals surface area contributed by atoms with Crippen LogP contribution in [0.4, 0.5) is 3.89 Å². The number of amides is 1. The number of rotatable bonds is 7. The van der Waals surface area contributed by atoms with Crippen LogP contribution in [0.5, 0.6) is 0 Å².